The van der Waals surface area contributed by atoms with E-state index >= 15 is 0 Å². The van der Waals surface area contributed by atoms with Gasteiger partial charge in [0.2, 0.25) is 0 Å². The molecule has 0 aromatic rings. The summed E-state index contributed by atoms with van der Waals surface area (Å²) < 4.78 is 5.08. The molecule has 2 rings (SSSR count). The number of carbonyl (C=O) groups is 1. The molecule has 4 atom stereocenters. The van der Waals surface area contributed by atoms with Crippen molar-refractivity contribution in [3.63, 3.8) is 0 Å². The molecule has 0 bridgehead atoms. The van der Waals surface area contributed by atoms with Crippen LogP contribution in [0, 0.1) is 5.92 Å². The maximum Gasteiger partial charge on any atom is 0.326 e. The zero-order chi connectivity index (χ0) is 15.3. The number of esters is 1. The van der Waals surface area contributed by atoms with Gasteiger partial charge in [-0.1, -0.05) is 26.7 Å². The van der Waals surface area contributed by atoms with Gasteiger partial charge < -0.3 is 10.1 Å². The van der Waals surface area contributed by atoms with Crippen molar-refractivity contribution in [2.75, 3.05) is 13.7 Å². The quantitative estimate of drug-likeness (QED) is 0.758. The fourth-order valence-electron chi connectivity index (χ4n) is 3.87. The van der Waals surface area contributed by atoms with E-state index in [-0.39, 0.29) is 5.97 Å². The highest BCUT2D eigenvalue weighted by Gasteiger charge is 2.46. The van der Waals surface area contributed by atoms with Gasteiger partial charge in [-0.05, 0) is 51.0 Å². The Kier molecular flexibility index (Phi) is 6.42. The average molecular weight is 314 g/mol. The molecule has 1 N–H and O–H groups in total. The van der Waals surface area contributed by atoms with Crippen LogP contribution < -0.4 is 5.32 Å². The van der Waals surface area contributed by atoms with E-state index in [2.05, 4.69) is 30.9 Å². The van der Waals surface area contributed by atoms with Gasteiger partial charge in [0, 0.05) is 10.5 Å². The van der Waals surface area contributed by atoms with E-state index < -0.39 is 5.54 Å². The zero-order valence-electron chi connectivity index (χ0n) is 13.8. The molecule has 0 spiro atoms. The van der Waals surface area contributed by atoms with E-state index in [0.29, 0.717) is 5.25 Å². The Labute approximate surface area is 134 Å². The first-order chi connectivity index (χ1) is 10.1. The lowest BCUT2D eigenvalue weighted by molar-refractivity contribution is -0.148. The lowest BCUT2D eigenvalue weighted by Gasteiger charge is -2.30. The van der Waals surface area contributed by atoms with Gasteiger partial charge in [0.1, 0.15) is 5.54 Å². The minimum Gasteiger partial charge on any atom is -0.468 e. The van der Waals surface area contributed by atoms with Crippen molar-refractivity contribution < 1.29 is 9.53 Å². The van der Waals surface area contributed by atoms with E-state index in [9.17, 15) is 4.79 Å². The molecule has 4 heteroatoms. The summed E-state index contributed by atoms with van der Waals surface area (Å²) in [6, 6.07) is 0. The molecule has 2 aliphatic carbocycles. The van der Waals surface area contributed by atoms with Crippen LogP contribution >= 0.6 is 11.8 Å². The number of carbonyl (C=O) groups excluding carboxylic acids is 1. The average Bonchev–Trinajstić information content (AvgIpc) is 2.88. The topological polar surface area (TPSA) is 38.3 Å². The van der Waals surface area contributed by atoms with Gasteiger partial charge in [-0.3, -0.25) is 4.79 Å². The standard InChI is InChI=1S/C17H31NO2S/c1-4-10-18-17(16(19)20-3)9-8-15(12-17)21-14-7-5-6-13(2)11-14/h13-15,18H,4-12H2,1-3H3. The third-order valence-electron chi connectivity index (χ3n) is 5.03. The molecule has 21 heavy (non-hydrogen) atoms. The molecule has 0 aromatic heterocycles. The van der Waals surface area contributed by atoms with Crippen LogP contribution in [-0.2, 0) is 9.53 Å². The number of nitrogens with one attached hydrogen (secondary N) is 1. The minimum atomic E-state index is -0.414. The second-order valence-electron chi connectivity index (χ2n) is 6.90. The van der Waals surface area contributed by atoms with Crippen LogP contribution in [0.15, 0.2) is 0 Å². The fourth-order valence-corrected chi connectivity index (χ4v) is 5.79. The van der Waals surface area contributed by atoms with Crippen molar-refractivity contribution in [3.05, 3.63) is 0 Å². The van der Waals surface area contributed by atoms with E-state index in [1.165, 1.54) is 32.8 Å². The van der Waals surface area contributed by atoms with Crippen LogP contribution in [0.25, 0.3) is 0 Å². The molecule has 2 aliphatic rings. The minimum absolute atomic E-state index is 0.0592. The zero-order valence-corrected chi connectivity index (χ0v) is 14.6. The van der Waals surface area contributed by atoms with E-state index in [1.807, 2.05) is 0 Å². The molecule has 0 saturated heterocycles. The number of ether oxygens (including phenoxy) is 1. The summed E-state index contributed by atoms with van der Waals surface area (Å²) in [6.07, 6.45) is 9.55. The van der Waals surface area contributed by atoms with E-state index in [1.54, 1.807) is 0 Å². The van der Waals surface area contributed by atoms with Crippen molar-refractivity contribution in [2.24, 2.45) is 5.92 Å². The third-order valence-corrected chi connectivity index (χ3v) is 6.63. The Morgan fingerprint density at radius 3 is 2.81 bits per heavy atom. The Morgan fingerprint density at radius 2 is 2.14 bits per heavy atom. The lowest BCUT2D eigenvalue weighted by atomic mass is 9.91. The molecule has 122 valence electrons. The highest BCUT2D eigenvalue weighted by molar-refractivity contribution is 8.00. The van der Waals surface area contributed by atoms with Gasteiger partial charge in [0.15, 0.2) is 0 Å². The van der Waals surface area contributed by atoms with E-state index in [4.69, 9.17) is 4.74 Å². The van der Waals surface area contributed by atoms with Crippen molar-refractivity contribution >= 4 is 17.7 Å². The summed E-state index contributed by atoms with van der Waals surface area (Å²) >= 11 is 2.15. The summed E-state index contributed by atoms with van der Waals surface area (Å²) in [5.41, 5.74) is -0.414. The first-order valence-electron chi connectivity index (χ1n) is 8.58. The highest BCUT2D eigenvalue weighted by Crippen LogP contribution is 2.43. The predicted molar refractivity (Wildman–Crippen MR) is 89.7 cm³/mol. The number of hydrogen-bond donors (Lipinski definition) is 1. The Hall–Kier alpha value is -0.220. The monoisotopic (exact) mass is 313 g/mol. The largest absolute Gasteiger partial charge is 0.468 e. The van der Waals surface area contributed by atoms with Gasteiger partial charge in [-0.2, -0.15) is 11.8 Å². The molecule has 0 amide bonds. The van der Waals surface area contributed by atoms with E-state index in [0.717, 1.165) is 43.4 Å². The molecule has 0 aromatic carbocycles. The van der Waals surface area contributed by atoms with Crippen molar-refractivity contribution in [2.45, 2.75) is 81.3 Å². The van der Waals surface area contributed by atoms with Crippen molar-refractivity contribution in [1.29, 1.82) is 0 Å². The van der Waals surface area contributed by atoms with Crippen LogP contribution in [0.2, 0.25) is 0 Å². The summed E-state index contributed by atoms with van der Waals surface area (Å²) in [5.74, 6) is 0.817. The van der Waals surface area contributed by atoms with Gasteiger partial charge in [-0.15, -0.1) is 0 Å². The van der Waals surface area contributed by atoms with Gasteiger partial charge in [0.25, 0.3) is 0 Å². The Balaban J connectivity index is 1.91. The van der Waals surface area contributed by atoms with Crippen molar-refractivity contribution in [1.82, 2.24) is 5.32 Å². The molecular weight excluding hydrogens is 282 g/mol. The van der Waals surface area contributed by atoms with Crippen LogP contribution in [-0.4, -0.2) is 35.7 Å². The van der Waals surface area contributed by atoms with Gasteiger partial charge in [-0.25, -0.2) is 0 Å². The molecule has 2 fully saturated rings. The van der Waals surface area contributed by atoms with Crippen LogP contribution in [0.3, 0.4) is 0 Å². The Morgan fingerprint density at radius 1 is 1.33 bits per heavy atom. The molecule has 2 saturated carbocycles. The number of methoxy groups -OCH3 is 1. The first kappa shape index (κ1) is 17.1. The second-order valence-corrected chi connectivity index (χ2v) is 8.50. The lowest BCUT2D eigenvalue weighted by Crippen LogP contribution is -2.51. The molecule has 0 aliphatic heterocycles. The second kappa shape index (κ2) is 7.87. The smallest absolute Gasteiger partial charge is 0.326 e. The molecule has 4 unspecified atom stereocenters. The first-order valence-corrected chi connectivity index (χ1v) is 9.53. The highest BCUT2D eigenvalue weighted by atomic mass is 32.2. The number of hydrogen-bond acceptors (Lipinski definition) is 4. The Bertz CT molecular complexity index is 350. The molecule has 3 nitrogen and oxygen atoms in total. The summed E-state index contributed by atoms with van der Waals surface area (Å²) in [6.45, 7) is 5.42. The summed E-state index contributed by atoms with van der Waals surface area (Å²) in [5, 5.41) is 4.90. The number of rotatable bonds is 6. The fraction of sp³-hybridized carbons (Fsp3) is 0.941. The molecule has 0 heterocycles. The van der Waals surface area contributed by atoms with Gasteiger partial charge in [0.05, 0.1) is 7.11 Å². The predicted octanol–water partition coefficient (Wildman–Crippen LogP) is 3.76. The maximum absolute atomic E-state index is 12.2. The SMILES string of the molecule is CCCNC1(C(=O)OC)CCC(SC2CCCC(C)C2)C1. The summed E-state index contributed by atoms with van der Waals surface area (Å²) in [7, 11) is 1.51. The maximum atomic E-state index is 12.2. The number of thioether (sulfide) groups is 1. The molecular formula is C17H31NO2S. The molecule has 0 radical (unpaired) electrons. The van der Waals surface area contributed by atoms with Crippen LogP contribution in [0.1, 0.15) is 65.2 Å². The third kappa shape index (κ3) is 4.38. The van der Waals surface area contributed by atoms with Gasteiger partial charge >= 0.3 is 5.97 Å². The van der Waals surface area contributed by atoms with Crippen molar-refractivity contribution in [3.8, 4) is 0 Å². The van der Waals surface area contributed by atoms with Crippen LogP contribution in [0.5, 0.6) is 0 Å². The van der Waals surface area contributed by atoms with Crippen LogP contribution in [0.4, 0.5) is 0 Å². The summed E-state index contributed by atoms with van der Waals surface area (Å²) in [4.78, 5) is 12.2. The normalized spacial score (nSPS) is 36.6.